The number of esters is 1. The number of carbonyl (C=O) groups is 2. The second-order valence-electron chi connectivity index (χ2n) is 7.34. The van der Waals surface area contributed by atoms with Crippen molar-refractivity contribution in [2.75, 3.05) is 26.2 Å². The lowest BCUT2D eigenvalue weighted by atomic mass is 9.92. The van der Waals surface area contributed by atoms with Gasteiger partial charge >= 0.3 is 5.97 Å². The molecule has 5 nitrogen and oxygen atoms in total. The Labute approximate surface area is 133 Å². The maximum atomic E-state index is 12.7. The van der Waals surface area contributed by atoms with Crippen LogP contribution in [0.1, 0.15) is 46.0 Å². The van der Waals surface area contributed by atoms with E-state index in [2.05, 4.69) is 11.8 Å². The Morgan fingerprint density at radius 2 is 1.86 bits per heavy atom. The average Bonchev–Trinajstić information content (AvgIpc) is 2.86. The van der Waals surface area contributed by atoms with Crippen LogP contribution >= 0.6 is 0 Å². The molecule has 3 rings (SSSR count). The Bertz CT molecular complexity index is 432. The predicted molar refractivity (Wildman–Crippen MR) is 83.2 cm³/mol. The predicted octanol–water partition coefficient (Wildman–Crippen LogP) is 1.66. The first-order valence-electron chi connectivity index (χ1n) is 8.78. The maximum absolute atomic E-state index is 12.7. The molecule has 3 fully saturated rings. The summed E-state index contributed by atoms with van der Waals surface area (Å²) in [6.45, 7) is 7.64. The molecule has 3 aliphatic rings. The van der Waals surface area contributed by atoms with Crippen molar-refractivity contribution in [1.29, 1.82) is 0 Å². The van der Waals surface area contributed by atoms with E-state index in [1.165, 1.54) is 0 Å². The molecular weight excluding hydrogens is 280 g/mol. The van der Waals surface area contributed by atoms with Crippen molar-refractivity contribution in [3.63, 3.8) is 0 Å². The van der Waals surface area contributed by atoms with E-state index in [4.69, 9.17) is 4.74 Å². The highest BCUT2D eigenvalue weighted by Crippen LogP contribution is 2.27. The van der Waals surface area contributed by atoms with Gasteiger partial charge in [-0.3, -0.25) is 14.5 Å². The van der Waals surface area contributed by atoms with Crippen molar-refractivity contribution in [3.8, 4) is 0 Å². The van der Waals surface area contributed by atoms with E-state index in [-0.39, 0.29) is 24.0 Å². The lowest BCUT2D eigenvalue weighted by Gasteiger charge is -2.38. The highest BCUT2D eigenvalue weighted by molar-refractivity contribution is 5.80. The van der Waals surface area contributed by atoms with Gasteiger partial charge in [-0.2, -0.15) is 0 Å². The molecule has 0 radical (unpaired) electrons. The molecule has 3 saturated heterocycles. The van der Waals surface area contributed by atoms with Gasteiger partial charge in [0.1, 0.15) is 12.1 Å². The molecule has 0 aromatic rings. The Kier molecular flexibility index (Phi) is 4.71. The van der Waals surface area contributed by atoms with Crippen LogP contribution in [0, 0.1) is 11.8 Å². The molecule has 0 bridgehead atoms. The zero-order valence-corrected chi connectivity index (χ0v) is 13.8. The van der Waals surface area contributed by atoms with E-state index in [1.54, 1.807) is 0 Å². The SMILES string of the molecule is CC1CCN(C(=O)[C@@H]2CCCN([C@H]3C[C@@H](C)OC3=O)C2)CC1. The van der Waals surface area contributed by atoms with E-state index in [0.29, 0.717) is 5.91 Å². The third-order valence-electron chi connectivity index (χ3n) is 5.48. The van der Waals surface area contributed by atoms with Gasteiger partial charge in [-0.1, -0.05) is 6.92 Å². The van der Waals surface area contributed by atoms with Crippen LogP contribution < -0.4 is 0 Å². The van der Waals surface area contributed by atoms with Crippen LogP contribution in [0.2, 0.25) is 0 Å². The molecule has 0 spiro atoms. The molecule has 3 heterocycles. The lowest BCUT2D eigenvalue weighted by Crippen LogP contribution is -2.50. The molecule has 0 unspecified atom stereocenters. The van der Waals surface area contributed by atoms with Gasteiger partial charge in [0.05, 0.1) is 5.92 Å². The lowest BCUT2D eigenvalue weighted by molar-refractivity contribution is -0.147. The van der Waals surface area contributed by atoms with Crippen molar-refractivity contribution in [2.24, 2.45) is 11.8 Å². The number of hydrogen-bond donors (Lipinski definition) is 0. The van der Waals surface area contributed by atoms with Gasteiger partial charge in [0.15, 0.2) is 0 Å². The largest absolute Gasteiger partial charge is 0.461 e. The van der Waals surface area contributed by atoms with Crippen molar-refractivity contribution in [2.45, 2.75) is 58.1 Å². The minimum absolute atomic E-state index is 0.0113. The fourth-order valence-electron chi connectivity index (χ4n) is 4.01. The van der Waals surface area contributed by atoms with E-state index in [1.807, 2.05) is 11.8 Å². The minimum Gasteiger partial charge on any atom is -0.461 e. The second kappa shape index (κ2) is 6.57. The molecule has 0 saturated carbocycles. The number of hydrogen-bond acceptors (Lipinski definition) is 4. The third-order valence-corrected chi connectivity index (χ3v) is 5.48. The summed E-state index contributed by atoms with van der Waals surface area (Å²) in [6, 6.07) is -0.132. The van der Waals surface area contributed by atoms with Crippen LogP contribution in [0.15, 0.2) is 0 Å². The summed E-state index contributed by atoms with van der Waals surface area (Å²) in [5.74, 6) is 0.996. The number of nitrogens with zero attached hydrogens (tertiary/aromatic N) is 2. The summed E-state index contributed by atoms with van der Waals surface area (Å²) in [6.07, 6.45) is 4.97. The molecule has 22 heavy (non-hydrogen) atoms. The van der Waals surface area contributed by atoms with E-state index < -0.39 is 0 Å². The number of ether oxygens (including phenoxy) is 1. The summed E-state index contributed by atoms with van der Waals surface area (Å²) >= 11 is 0. The highest BCUT2D eigenvalue weighted by atomic mass is 16.6. The Morgan fingerprint density at radius 1 is 1.14 bits per heavy atom. The summed E-state index contributed by atoms with van der Waals surface area (Å²) in [7, 11) is 0. The molecule has 0 aromatic heterocycles. The van der Waals surface area contributed by atoms with Gasteiger partial charge in [0.25, 0.3) is 0 Å². The quantitative estimate of drug-likeness (QED) is 0.728. The summed E-state index contributed by atoms with van der Waals surface area (Å²) in [5.41, 5.74) is 0. The number of rotatable bonds is 2. The number of cyclic esters (lactones) is 1. The normalized spacial score (nSPS) is 34.7. The molecular formula is C17H28N2O3. The zero-order chi connectivity index (χ0) is 15.7. The van der Waals surface area contributed by atoms with Crippen LogP contribution in [0.4, 0.5) is 0 Å². The summed E-state index contributed by atoms with van der Waals surface area (Å²) < 4.78 is 5.27. The maximum Gasteiger partial charge on any atom is 0.323 e. The van der Waals surface area contributed by atoms with Crippen LogP contribution in [-0.2, 0) is 14.3 Å². The third kappa shape index (κ3) is 3.29. The van der Waals surface area contributed by atoms with E-state index in [0.717, 1.165) is 64.2 Å². The molecule has 3 atom stereocenters. The van der Waals surface area contributed by atoms with Crippen molar-refractivity contribution in [1.82, 2.24) is 9.80 Å². The van der Waals surface area contributed by atoms with Crippen LogP contribution in [-0.4, -0.2) is 60.0 Å². The zero-order valence-electron chi connectivity index (χ0n) is 13.8. The standard InChI is InChI=1S/C17H28N2O3/c1-12-5-8-18(9-6-12)16(20)14-4-3-7-19(11-14)15-10-13(2)22-17(15)21/h12-15H,3-11H2,1-2H3/t13-,14-,15+/m1/s1. The van der Waals surface area contributed by atoms with Gasteiger partial charge in [0, 0.05) is 26.1 Å². The Hall–Kier alpha value is -1.10. The van der Waals surface area contributed by atoms with Gasteiger partial charge in [-0.05, 0) is 45.1 Å². The molecule has 1 amide bonds. The second-order valence-corrected chi connectivity index (χ2v) is 7.34. The van der Waals surface area contributed by atoms with Crippen molar-refractivity contribution in [3.05, 3.63) is 0 Å². The smallest absolute Gasteiger partial charge is 0.323 e. The van der Waals surface area contributed by atoms with Crippen LogP contribution in [0.25, 0.3) is 0 Å². The van der Waals surface area contributed by atoms with Gasteiger partial charge < -0.3 is 9.64 Å². The summed E-state index contributed by atoms with van der Waals surface area (Å²) in [4.78, 5) is 28.9. The molecule has 5 heteroatoms. The van der Waals surface area contributed by atoms with Crippen molar-refractivity contribution < 1.29 is 14.3 Å². The summed E-state index contributed by atoms with van der Waals surface area (Å²) in [5, 5.41) is 0. The number of piperidine rings is 2. The first-order chi connectivity index (χ1) is 10.5. The fourth-order valence-corrected chi connectivity index (χ4v) is 4.01. The Morgan fingerprint density at radius 3 is 2.50 bits per heavy atom. The Balaban J connectivity index is 1.58. The minimum atomic E-state index is -0.132. The first kappa shape index (κ1) is 15.8. The number of amides is 1. The first-order valence-corrected chi connectivity index (χ1v) is 8.78. The van der Waals surface area contributed by atoms with Crippen molar-refractivity contribution >= 4 is 11.9 Å². The molecule has 0 N–H and O–H groups in total. The molecule has 0 aliphatic carbocycles. The van der Waals surface area contributed by atoms with Crippen LogP contribution in [0.5, 0.6) is 0 Å². The topological polar surface area (TPSA) is 49.9 Å². The van der Waals surface area contributed by atoms with Gasteiger partial charge in [-0.15, -0.1) is 0 Å². The average molecular weight is 308 g/mol. The van der Waals surface area contributed by atoms with Gasteiger partial charge in [-0.25, -0.2) is 0 Å². The number of likely N-dealkylation sites (tertiary alicyclic amines) is 2. The van der Waals surface area contributed by atoms with Crippen LogP contribution in [0.3, 0.4) is 0 Å². The van der Waals surface area contributed by atoms with E-state index in [9.17, 15) is 9.59 Å². The monoisotopic (exact) mass is 308 g/mol. The highest BCUT2D eigenvalue weighted by Gasteiger charge is 2.40. The number of carbonyl (C=O) groups excluding carboxylic acids is 2. The fraction of sp³-hybridized carbons (Fsp3) is 0.882. The molecule has 3 aliphatic heterocycles. The molecule has 0 aromatic carbocycles. The molecule has 124 valence electrons. The van der Waals surface area contributed by atoms with Gasteiger partial charge in [0.2, 0.25) is 5.91 Å². The van der Waals surface area contributed by atoms with E-state index >= 15 is 0 Å².